The van der Waals surface area contributed by atoms with E-state index < -0.39 is 0 Å². The van der Waals surface area contributed by atoms with E-state index in [1.165, 1.54) is 17.8 Å². The third-order valence-electron chi connectivity index (χ3n) is 7.32. The molecule has 1 heteroatoms. The molecule has 15 heavy (non-hydrogen) atoms. The van der Waals surface area contributed by atoms with Gasteiger partial charge in [-0.1, -0.05) is 13.8 Å². The lowest BCUT2D eigenvalue weighted by molar-refractivity contribution is -0.644. The van der Waals surface area contributed by atoms with Crippen molar-refractivity contribution in [2.24, 2.45) is 46.8 Å². The van der Waals surface area contributed by atoms with Crippen molar-refractivity contribution in [2.75, 3.05) is 14.1 Å². The lowest BCUT2D eigenvalue weighted by Gasteiger charge is -3.12. The van der Waals surface area contributed by atoms with E-state index in [1.807, 2.05) is 0 Å². The first-order valence-electron chi connectivity index (χ1n) is 6.77. The van der Waals surface area contributed by atoms with E-state index >= 15 is 0 Å². The number of hydrogen-bond acceptors (Lipinski definition) is 1. The third kappa shape index (κ3) is 0.397. The summed E-state index contributed by atoms with van der Waals surface area (Å²) in [6.07, 6.45) is 1.56. The molecule has 0 heterocycles. The highest BCUT2D eigenvalue weighted by Gasteiger charge is 3.09. The average molecular weight is 203 g/mol. The van der Waals surface area contributed by atoms with E-state index in [9.17, 15) is 0 Å². The fraction of sp³-hybridized carbons (Fsp3) is 1.00. The van der Waals surface area contributed by atoms with Crippen LogP contribution in [0.25, 0.3) is 0 Å². The van der Waals surface area contributed by atoms with Crippen LogP contribution in [-0.4, -0.2) is 24.5 Å². The highest BCUT2D eigenvalue weighted by molar-refractivity contribution is 5.58. The summed E-state index contributed by atoms with van der Waals surface area (Å²) in [7, 11) is 4.66. The fourth-order valence-corrected chi connectivity index (χ4v) is 7.70. The Morgan fingerprint density at radius 1 is 0.933 bits per heavy atom. The molecule has 0 saturated heterocycles. The van der Waals surface area contributed by atoms with Crippen molar-refractivity contribution in [1.82, 2.24) is 4.90 Å². The first kappa shape index (κ1) is 8.11. The van der Waals surface area contributed by atoms with Gasteiger partial charge in [0.1, 0.15) is 0 Å². The Morgan fingerprint density at radius 3 is 1.73 bits per heavy atom. The van der Waals surface area contributed by atoms with Crippen molar-refractivity contribution >= 4 is 0 Å². The third-order valence-corrected chi connectivity index (χ3v) is 7.32. The maximum absolute atomic E-state index is 2.59. The molecule has 6 aliphatic rings. The molecule has 6 saturated carbocycles. The van der Waals surface area contributed by atoms with Crippen LogP contribution in [0.5, 0.6) is 0 Å². The number of rotatable bonds is 3. The highest BCUT2D eigenvalue weighted by atomic mass is 15.3. The standard InChI is InChI=1S/C14H21N/c1-6(2)5-13-7-10-8(13)12-9(13)11(7)14(10,12)15(3)4/h6-12H,5H2,1-4H3. The minimum absolute atomic E-state index is 0.763. The predicted molar refractivity (Wildman–Crippen MR) is 59.2 cm³/mol. The molecule has 0 unspecified atom stereocenters. The molecule has 0 aromatic carbocycles. The minimum Gasteiger partial charge on any atom is -0.303 e. The summed E-state index contributed by atoms with van der Waals surface area (Å²) in [4.78, 5) is 2.59. The number of nitrogens with zero attached hydrogens (tertiary/aromatic N) is 1. The van der Waals surface area contributed by atoms with Gasteiger partial charge in [0, 0.05) is 5.54 Å². The summed E-state index contributed by atoms with van der Waals surface area (Å²) < 4.78 is 0. The van der Waals surface area contributed by atoms with Gasteiger partial charge in [-0.25, -0.2) is 0 Å². The second-order valence-corrected chi connectivity index (χ2v) is 7.65. The SMILES string of the molecule is CC(C)CC12C3C4C1C1C2C3C41N(C)C. The Labute approximate surface area is 92.2 Å². The van der Waals surface area contributed by atoms with Crippen LogP contribution in [-0.2, 0) is 0 Å². The topological polar surface area (TPSA) is 3.24 Å². The van der Waals surface area contributed by atoms with Crippen LogP contribution in [0.3, 0.4) is 0 Å². The van der Waals surface area contributed by atoms with Crippen LogP contribution in [0.15, 0.2) is 0 Å². The molecule has 82 valence electrons. The molecule has 6 rings (SSSR count). The van der Waals surface area contributed by atoms with Gasteiger partial charge in [-0.05, 0) is 67.4 Å². The zero-order chi connectivity index (χ0) is 10.3. The van der Waals surface area contributed by atoms with Gasteiger partial charge in [0.15, 0.2) is 0 Å². The largest absolute Gasteiger partial charge is 0.303 e. The zero-order valence-corrected chi connectivity index (χ0v) is 10.2. The summed E-state index contributed by atoms with van der Waals surface area (Å²) in [6, 6.07) is 0. The lowest BCUT2D eigenvalue weighted by Crippen LogP contribution is -3.14. The van der Waals surface area contributed by atoms with Gasteiger partial charge in [-0.3, -0.25) is 0 Å². The van der Waals surface area contributed by atoms with Crippen LogP contribution in [0.2, 0.25) is 0 Å². The Kier molecular flexibility index (Phi) is 0.928. The van der Waals surface area contributed by atoms with Gasteiger partial charge >= 0.3 is 0 Å². The molecule has 0 spiro atoms. The Hall–Kier alpha value is -0.0400. The highest BCUT2D eigenvalue weighted by Crippen LogP contribution is 3.08. The van der Waals surface area contributed by atoms with Crippen molar-refractivity contribution in [3.8, 4) is 0 Å². The second kappa shape index (κ2) is 1.72. The normalized spacial score (nSPS) is 74.0. The molecule has 0 aliphatic heterocycles. The quantitative estimate of drug-likeness (QED) is 0.679. The summed E-state index contributed by atoms with van der Waals surface area (Å²) in [5.74, 6) is 8.00. The minimum atomic E-state index is 0.763. The monoisotopic (exact) mass is 203 g/mol. The molecule has 0 N–H and O–H groups in total. The van der Waals surface area contributed by atoms with E-state index in [-0.39, 0.29) is 0 Å². The van der Waals surface area contributed by atoms with Crippen molar-refractivity contribution in [3.63, 3.8) is 0 Å². The van der Waals surface area contributed by atoms with Gasteiger partial charge in [0.2, 0.25) is 0 Å². The van der Waals surface area contributed by atoms with E-state index in [2.05, 4.69) is 32.8 Å². The molecule has 0 aromatic rings. The van der Waals surface area contributed by atoms with Crippen molar-refractivity contribution in [3.05, 3.63) is 0 Å². The molecule has 0 atom stereocenters. The Bertz CT molecular complexity index is 327. The molecule has 0 aromatic heterocycles. The van der Waals surface area contributed by atoms with Crippen LogP contribution in [0, 0.1) is 46.8 Å². The zero-order valence-electron chi connectivity index (χ0n) is 10.2. The first-order valence-corrected chi connectivity index (χ1v) is 6.77. The second-order valence-electron chi connectivity index (χ2n) is 7.65. The van der Waals surface area contributed by atoms with E-state index in [1.54, 1.807) is 6.42 Å². The van der Waals surface area contributed by atoms with Gasteiger partial charge < -0.3 is 4.90 Å². The molecule has 6 fully saturated rings. The van der Waals surface area contributed by atoms with Crippen molar-refractivity contribution in [2.45, 2.75) is 25.8 Å². The molecule has 0 amide bonds. The molecule has 6 aliphatic carbocycles. The molecule has 0 radical (unpaired) electrons. The van der Waals surface area contributed by atoms with E-state index in [4.69, 9.17) is 0 Å². The van der Waals surface area contributed by atoms with Crippen LogP contribution in [0.1, 0.15) is 20.3 Å². The number of hydrogen-bond donors (Lipinski definition) is 0. The van der Waals surface area contributed by atoms with Crippen molar-refractivity contribution < 1.29 is 0 Å². The van der Waals surface area contributed by atoms with Crippen LogP contribution in [0.4, 0.5) is 0 Å². The molecule has 1 nitrogen and oxygen atoms in total. The molecular weight excluding hydrogens is 182 g/mol. The fourth-order valence-electron chi connectivity index (χ4n) is 7.70. The molecular formula is C14H21N. The lowest BCUT2D eigenvalue weighted by atomic mass is 8.93. The maximum atomic E-state index is 2.59. The van der Waals surface area contributed by atoms with Gasteiger partial charge in [-0.15, -0.1) is 0 Å². The van der Waals surface area contributed by atoms with Gasteiger partial charge in [-0.2, -0.15) is 0 Å². The van der Waals surface area contributed by atoms with Gasteiger partial charge in [0.05, 0.1) is 0 Å². The van der Waals surface area contributed by atoms with E-state index in [0.29, 0.717) is 0 Å². The maximum Gasteiger partial charge on any atom is 0.0305 e. The summed E-state index contributed by atoms with van der Waals surface area (Å²) in [5.41, 5.74) is 1.69. The first-order chi connectivity index (χ1) is 7.09. The van der Waals surface area contributed by atoms with Gasteiger partial charge in [0.25, 0.3) is 0 Å². The molecule has 0 bridgehead atoms. The Morgan fingerprint density at radius 2 is 1.40 bits per heavy atom. The summed E-state index contributed by atoms with van der Waals surface area (Å²) in [5, 5.41) is 0. The van der Waals surface area contributed by atoms with Crippen molar-refractivity contribution in [1.29, 1.82) is 0 Å². The predicted octanol–water partition coefficient (Wildman–Crippen LogP) is 2.08. The summed E-state index contributed by atoms with van der Waals surface area (Å²) >= 11 is 0. The van der Waals surface area contributed by atoms with Crippen LogP contribution < -0.4 is 0 Å². The summed E-state index contributed by atoms with van der Waals surface area (Å²) in [6.45, 7) is 4.84. The average Bonchev–Trinajstić information content (AvgIpc) is 2.17. The Balaban J connectivity index is 1.50. The van der Waals surface area contributed by atoms with E-state index in [0.717, 1.165) is 34.6 Å². The van der Waals surface area contributed by atoms with Crippen LogP contribution >= 0.6 is 0 Å². The smallest absolute Gasteiger partial charge is 0.0305 e.